The van der Waals surface area contributed by atoms with Crippen LogP contribution < -0.4 is 10.6 Å². The van der Waals surface area contributed by atoms with Gasteiger partial charge in [0.1, 0.15) is 11.6 Å². The van der Waals surface area contributed by atoms with Crippen LogP contribution in [0.15, 0.2) is 0 Å². The van der Waals surface area contributed by atoms with Crippen molar-refractivity contribution in [3.05, 3.63) is 0 Å². The number of likely N-dealkylation sites (tertiary alicyclic amines) is 1. The van der Waals surface area contributed by atoms with E-state index in [9.17, 15) is 14.4 Å². The fraction of sp³-hybridized carbons (Fsp3) is 0.824. The van der Waals surface area contributed by atoms with Gasteiger partial charge in [-0.25, -0.2) is 4.79 Å². The number of carbonyl (C=O) groups excluding carboxylic acids is 3. The third-order valence-corrected chi connectivity index (χ3v) is 3.82. The molecule has 2 atom stereocenters. The van der Waals surface area contributed by atoms with Crippen LogP contribution in [0.1, 0.15) is 54.4 Å². The number of nitrogens with zero attached hydrogens (tertiary/aromatic N) is 1. The zero-order valence-corrected chi connectivity index (χ0v) is 15.6. The SMILES string of the molecule is CC(=O)NC(C(=O)NCC1CCCN1C(=O)OC(C)(C)C)C(C)C. The lowest BCUT2D eigenvalue weighted by atomic mass is 10.0. The van der Waals surface area contributed by atoms with Gasteiger partial charge in [-0.15, -0.1) is 0 Å². The molecule has 1 aliphatic heterocycles. The molecule has 138 valence electrons. The minimum Gasteiger partial charge on any atom is -0.444 e. The monoisotopic (exact) mass is 341 g/mol. The highest BCUT2D eigenvalue weighted by molar-refractivity contribution is 5.87. The molecule has 2 unspecified atom stereocenters. The van der Waals surface area contributed by atoms with Crippen molar-refractivity contribution in [2.75, 3.05) is 13.1 Å². The van der Waals surface area contributed by atoms with Crippen molar-refractivity contribution in [2.45, 2.75) is 72.1 Å². The summed E-state index contributed by atoms with van der Waals surface area (Å²) in [6.07, 6.45) is 1.37. The maximum atomic E-state index is 12.3. The molecule has 0 spiro atoms. The van der Waals surface area contributed by atoms with Crippen LogP contribution in [-0.2, 0) is 14.3 Å². The second-order valence-electron chi connectivity index (χ2n) is 7.64. The average molecular weight is 341 g/mol. The number of nitrogens with one attached hydrogen (secondary N) is 2. The van der Waals surface area contributed by atoms with Gasteiger partial charge in [0.2, 0.25) is 11.8 Å². The summed E-state index contributed by atoms with van der Waals surface area (Å²) >= 11 is 0. The number of hydrogen-bond donors (Lipinski definition) is 2. The molecule has 0 aromatic rings. The highest BCUT2D eigenvalue weighted by Gasteiger charge is 2.33. The Kier molecular flexibility index (Phi) is 7.05. The highest BCUT2D eigenvalue weighted by Crippen LogP contribution is 2.20. The zero-order chi connectivity index (χ0) is 18.5. The lowest BCUT2D eigenvalue weighted by Gasteiger charge is -2.29. The van der Waals surface area contributed by atoms with Gasteiger partial charge in [-0.3, -0.25) is 9.59 Å². The summed E-state index contributed by atoms with van der Waals surface area (Å²) in [4.78, 5) is 37.5. The topological polar surface area (TPSA) is 87.7 Å². The summed E-state index contributed by atoms with van der Waals surface area (Å²) in [5.41, 5.74) is -0.540. The molecule has 0 saturated carbocycles. The third-order valence-electron chi connectivity index (χ3n) is 3.82. The zero-order valence-electron chi connectivity index (χ0n) is 15.6. The van der Waals surface area contributed by atoms with Gasteiger partial charge in [-0.2, -0.15) is 0 Å². The summed E-state index contributed by atoms with van der Waals surface area (Å²) < 4.78 is 5.41. The Hall–Kier alpha value is -1.79. The molecule has 1 fully saturated rings. The maximum absolute atomic E-state index is 12.3. The van der Waals surface area contributed by atoms with Crippen LogP contribution in [0.3, 0.4) is 0 Å². The molecule has 3 amide bonds. The Morgan fingerprint density at radius 2 is 1.88 bits per heavy atom. The quantitative estimate of drug-likeness (QED) is 0.796. The Labute approximate surface area is 144 Å². The molecule has 7 nitrogen and oxygen atoms in total. The van der Waals surface area contributed by atoms with Gasteiger partial charge in [0, 0.05) is 20.0 Å². The molecular weight excluding hydrogens is 310 g/mol. The third kappa shape index (κ3) is 6.37. The van der Waals surface area contributed by atoms with E-state index in [1.165, 1.54) is 6.92 Å². The first kappa shape index (κ1) is 20.3. The van der Waals surface area contributed by atoms with Crippen molar-refractivity contribution in [1.29, 1.82) is 0 Å². The van der Waals surface area contributed by atoms with Gasteiger partial charge in [0.05, 0.1) is 6.04 Å². The van der Waals surface area contributed by atoms with Gasteiger partial charge < -0.3 is 20.3 Å². The van der Waals surface area contributed by atoms with E-state index in [2.05, 4.69) is 10.6 Å². The van der Waals surface area contributed by atoms with E-state index in [0.717, 1.165) is 12.8 Å². The van der Waals surface area contributed by atoms with Crippen molar-refractivity contribution in [3.8, 4) is 0 Å². The molecule has 0 radical (unpaired) electrons. The van der Waals surface area contributed by atoms with E-state index in [-0.39, 0.29) is 29.9 Å². The van der Waals surface area contributed by atoms with Crippen LogP contribution in [0, 0.1) is 5.92 Å². The van der Waals surface area contributed by atoms with Crippen molar-refractivity contribution >= 4 is 17.9 Å². The molecule has 0 aromatic carbocycles. The standard InChI is InChI=1S/C17H31N3O4/c1-11(2)14(19-12(3)21)15(22)18-10-13-8-7-9-20(13)16(23)24-17(4,5)6/h11,13-14H,7-10H2,1-6H3,(H,18,22)(H,19,21). The minimum absolute atomic E-state index is 0.0144. The number of rotatable bonds is 5. The second kappa shape index (κ2) is 8.35. The predicted octanol–water partition coefficient (Wildman–Crippen LogP) is 1.66. The first-order chi connectivity index (χ1) is 11.0. The highest BCUT2D eigenvalue weighted by atomic mass is 16.6. The van der Waals surface area contributed by atoms with Crippen LogP contribution in [0.5, 0.6) is 0 Å². The molecule has 0 aromatic heterocycles. The van der Waals surface area contributed by atoms with E-state index in [1.54, 1.807) is 4.90 Å². The Morgan fingerprint density at radius 3 is 2.38 bits per heavy atom. The maximum Gasteiger partial charge on any atom is 0.410 e. The largest absolute Gasteiger partial charge is 0.444 e. The van der Waals surface area contributed by atoms with E-state index in [1.807, 2.05) is 34.6 Å². The van der Waals surface area contributed by atoms with Crippen molar-refractivity contribution in [2.24, 2.45) is 5.92 Å². The number of carbonyl (C=O) groups is 3. The molecule has 1 rings (SSSR count). The van der Waals surface area contributed by atoms with E-state index < -0.39 is 11.6 Å². The van der Waals surface area contributed by atoms with Gasteiger partial charge >= 0.3 is 6.09 Å². The molecule has 24 heavy (non-hydrogen) atoms. The van der Waals surface area contributed by atoms with Crippen molar-refractivity contribution in [1.82, 2.24) is 15.5 Å². The predicted molar refractivity (Wildman–Crippen MR) is 91.4 cm³/mol. The van der Waals surface area contributed by atoms with Crippen LogP contribution in [0.2, 0.25) is 0 Å². The second-order valence-corrected chi connectivity index (χ2v) is 7.64. The minimum atomic E-state index is -0.570. The smallest absolute Gasteiger partial charge is 0.410 e. The van der Waals surface area contributed by atoms with Gasteiger partial charge in [-0.05, 0) is 39.5 Å². The summed E-state index contributed by atoms with van der Waals surface area (Å²) in [6.45, 7) is 11.6. The van der Waals surface area contributed by atoms with Crippen molar-refractivity contribution < 1.29 is 19.1 Å². The lowest BCUT2D eigenvalue weighted by molar-refractivity contribution is -0.129. The number of hydrogen-bond acceptors (Lipinski definition) is 4. The first-order valence-electron chi connectivity index (χ1n) is 8.55. The summed E-state index contributed by atoms with van der Waals surface area (Å²) in [5, 5.41) is 5.52. The molecule has 7 heteroatoms. The average Bonchev–Trinajstić information content (AvgIpc) is 2.88. The van der Waals surface area contributed by atoms with E-state index in [0.29, 0.717) is 13.1 Å². The molecule has 0 bridgehead atoms. The first-order valence-corrected chi connectivity index (χ1v) is 8.55. The van der Waals surface area contributed by atoms with E-state index in [4.69, 9.17) is 4.74 Å². The summed E-state index contributed by atoms with van der Waals surface area (Å²) in [5.74, 6) is -0.476. The normalized spacial score (nSPS) is 19.1. The Bertz CT molecular complexity index is 471. The van der Waals surface area contributed by atoms with Crippen LogP contribution >= 0.6 is 0 Å². The fourth-order valence-corrected chi connectivity index (χ4v) is 2.69. The van der Waals surface area contributed by atoms with Gasteiger partial charge in [-0.1, -0.05) is 13.8 Å². The van der Waals surface area contributed by atoms with Crippen LogP contribution in [-0.4, -0.2) is 53.6 Å². The summed E-state index contributed by atoms with van der Waals surface area (Å²) in [7, 11) is 0. The van der Waals surface area contributed by atoms with Crippen molar-refractivity contribution in [3.63, 3.8) is 0 Å². The molecule has 2 N–H and O–H groups in total. The van der Waals surface area contributed by atoms with Gasteiger partial charge in [0.15, 0.2) is 0 Å². The molecule has 1 saturated heterocycles. The fourth-order valence-electron chi connectivity index (χ4n) is 2.69. The molecular formula is C17H31N3O4. The lowest BCUT2D eigenvalue weighted by Crippen LogP contribution is -2.52. The number of ether oxygens (including phenoxy) is 1. The van der Waals surface area contributed by atoms with Gasteiger partial charge in [0.25, 0.3) is 0 Å². The number of amides is 3. The van der Waals surface area contributed by atoms with Crippen LogP contribution in [0.4, 0.5) is 4.79 Å². The Balaban J connectivity index is 2.59. The van der Waals surface area contributed by atoms with E-state index >= 15 is 0 Å². The molecule has 1 aliphatic rings. The Morgan fingerprint density at radius 1 is 1.25 bits per heavy atom. The van der Waals surface area contributed by atoms with Crippen LogP contribution in [0.25, 0.3) is 0 Å². The molecule has 0 aliphatic carbocycles. The molecule has 1 heterocycles. The summed E-state index contributed by atoms with van der Waals surface area (Å²) in [6, 6.07) is -0.646.